The maximum atomic E-state index is 12.1. The Labute approximate surface area is 131 Å². The third kappa shape index (κ3) is 3.16. The molecule has 0 radical (unpaired) electrons. The number of nitrogens with one attached hydrogen (secondary N) is 2. The second kappa shape index (κ2) is 6.23. The second-order valence-corrected chi connectivity index (χ2v) is 5.03. The van der Waals surface area contributed by atoms with Gasteiger partial charge in [-0.05, 0) is 36.1 Å². The Kier molecular flexibility index (Phi) is 3.97. The molecule has 114 valence electrons. The van der Waals surface area contributed by atoms with Gasteiger partial charge in [0, 0.05) is 18.0 Å². The molecule has 0 aliphatic rings. The van der Waals surface area contributed by atoms with Crippen LogP contribution in [0.2, 0.25) is 0 Å². The van der Waals surface area contributed by atoms with Crippen LogP contribution in [-0.4, -0.2) is 22.1 Å². The minimum absolute atomic E-state index is 0.256. The maximum Gasteiger partial charge on any atom is 0.271 e. The van der Waals surface area contributed by atoms with E-state index in [1.54, 1.807) is 18.2 Å². The van der Waals surface area contributed by atoms with Gasteiger partial charge in [0.15, 0.2) is 0 Å². The lowest BCUT2D eigenvalue weighted by Gasteiger charge is -2.02. The summed E-state index contributed by atoms with van der Waals surface area (Å²) in [6.07, 6.45) is 4.38. The van der Waals surface area contributed by atoms with E-state index < -0.39 is 0 Å². The highest BCUT2D eigenvalue weighted by Crippen LogP contribution is 2.14. The molecule has 3 rings (SSSR count). The van der Waals surface area contributed by atoms with E-state index in [0.29, 0.717) is 11.1 Å². The monoisotopic (exact) mass is 306 g/mol. The summed E-state index contributed by atoms with van der Waals surface area (Å²) in [5, 5.41) is 4.75. The molecule has 3 aromatic rings. The number of H-pyrrole nitrogens is 1. The second-order valence-electron chi connectivity index (χ2n) is 5.03. The Morgan fingerprint density at radius 3 is 2.83 bits per heavy atom. The normalized spacial score (nSPS) is 11.0. The number of carbonyl (C=O) groups is 1. The van der Waals surface area contributed by atoms with Gasteiger partial charge >= 0.3 is 0 Å². The lowest BCUT2D eigenvalue weighted by molar-refractivity contribution is 0.0955. The number of nitrogens with zero attached hydrogens (tertiary/aromatic N) is 2. The van der Waals surface area contributed by atoms with Crippen molar-refractivity contribution in [2.45, 2.75) is 6.92 Å². The van der Waals surface area contributed by atoms with E-state index in [1.165, 1.54) is 18.6 Å². The van der Waals surface area contributed by atoms with Crippen LogP contribution in [0.4, 0.5) is 0 Å². The van der Waals surface area contributed by atoms with Crippen LogP contribution in [0.15, 0.2) is 58.7 Å². The fourth-order valence-corrected chi connectivity index (χ4v) is 2.22. The first kappa shape index (κ1) is 14.6. The summed E-state index contributed by atoms with van der Waals surface area (Å²) in [6.45, 7) is 1.93. The van der Waals surface area contributed by atoms with Gasteiger partial charge < -0.3 is 4.98 Å². The van der Waals surface area contributed by atoms with Crippen molar-refractivity contribution in [3.63, 3.8) is 0 Å². The van der Waals surface area contributed by atoms with E-state index in [1.807, 2.05) is 25.1 Å². The van der Waals surface area contributed by atoms with Crippen LogP contribution >= 0.6 is 0 Å². The number of carbonyl (C=O) groups excluding carboxylic acids is 1. The summed E-state index contributed by atoms with van der Waals surface area (Å²) >= 11 is 0. The van der Waals surface area contributed by atoms with E-state index in [-0.39, 0.29) is 11.5 Å². The van der Waals surface area contributed by atoms with E-state index in [0.717, 1.165) is 16.5 Å². The smallest absolute Gasteiger partial charge is 0.271 e. The van der Waals surface area contributed by atoms with Crippen molar-refractivity contribution >= 4 is 23.0 Å². The predicted octanol–water partition coefficient (Wildman–Crippen LogP) is 2.00. The number of pyridine rings is 2. The minimum Gasteiger partial charge on any atom is -0.321 e. The molecule has 0 atom stereocenters. The van der Waals surface area contributed by atoms with Gasteiger partial charge in [0.2, 0.25) is 0 Å². The summed E-state index contributed by atoms with van der Waals surface area (Å²) in [6, 6.07) is 10.7. The third-order valence-electron chi connectivity index (χ3n) is 3.43. The van der Waals surface area contributed by atoms with Crippen LogP contribution in [0.5, 0.6) is 0 Å². The van der Waals surface area contributed by atoms with Crippen LogP contribution in [0.25, 0.3) is 10.9 Å². The van der Waals surface area contributed by atoms with Crippen LogP contribution in [0.3, 0.4) is 0 Å². The van der Waals surface area contributed by atoms with Gasteiger partial charge in [-0.25, -0.2) is 5.43 Å². The highest BCUT2D eigenvalue weighted by molar-refractivity contribution is 5.95. The maximum absolute atomic E-state index is 12.1. The molecular formula is C17H14N4O2. The third-order valence-corrected chi connectivity index (χ3v) is 3.43. The molecule has 0 spiro atoms. The van der Waals surface area contributed by atoms with Crippen molar-refractivity contribution in [3.05, 3.63) is 75.8 Å². The molecule has 0 saturated heterocycles. The number of aryl methyl sites for hydroxylation is 1. The molecule has 0 aliphatic heterocycles. The molecule has 23 heavy (non-hydrogen) atoms. The molecule has 0 aliphatic carbocycles. The first-order chi connectivity index (χ1) is 11.1. The Balaban J connectivity index is 1.83. The van der Waals surface area contributed by atoms with Gasteiger partial charge in [0.1, 0.15) is 0 Å². The van der Waals surface area contributed by atoms with E-state index in [9.17, 15) is 9.59 Å². The molecular weight excluding hydrogens is 292 g/mol. The van der Waals surface area contributed by atoms with E-state index in [2.05, 4.69) is 20.5 Å². The number of benzene rings is 1. The van der Waals surface area contributed by atoms with Crippen molar-refractivity contribution in [3.8, 4) is 0 Å². The topological polar surface area (TPSA) is 87.2 Å². The number of amides is 1. The van der Waals surface area contributed by atoms with Crippen molar-refractivity contribution in [1.82, 2.24) is 15.4 Å². The zero-order valence-electron chi connectivity index (χ0n) is 12.4. The largest absolute Gasteiger partial charge is 0.321 e. The van der Waals surface area contributed by atoms with Crippen molar-refractivity contribution < 1.29 is 4.79 Å². The zero-order chi connectivity index (χ0) is 16.2. The van der Waals surface area contributed by atoms with Gasteiger partial charge in [0.25, 0.3) is 11.5 Å². The first-order valence-corrected chi connectivity index (χ1v) is 7.01. The summed E-state index contributed by atoms with van der Waals surface area (Å²) in [5.74, 6) is -0.364. The molecule has 0 fully saturated rings. The van der Waals surface area contributed by atoms with Crippen LogP contribution in [0.1, 0.15) is 21.5 Å². The molecule has 0 unspecified atom stereocenters. The number of aromatic amines is 1. The Bertz CT molecular complexity index is 946. The summed E-state index contributed by atoms with van der Waals surface area (Å²) < 4.78 is 0. The fraction of sp³-hybridized carbons (Fsp3) is 0.0588. The van der Waals surface area contributed by atoms with Gasteiger partial charge in [-0.15, -0.1) is 0 Å². The van der Waals surface area contributed by atoms with Crippen LogP contribution in [-0.2, 0) is 0 Å². The van der Waals surface area contributed by atoms with E-state index >= 15 is 0 Å². The molecule has 1 amide bonds. The van der Waals surface area contributed by atoms with Gasteiger partial charge in [-0.3, -0.25) is 14.6 Å². The molecule has 6 heteroatoms. The molecule has 2 aromatic heterocycles. The summed E-state index contributed by atoms with van der Waals surface area (Å²) in [7, 11) is 0. The predicted molar refractivity (Wildman–Crippen MR) is 88.6 cm³/mol. The average Bonchev–Trinajstić information content (AvgIpc) is 2.57. The summed E-state index contributed by atoms with van der Waals surface area (Å²) in [5.41, 5.74) is 4.74. The quantitative estimate of drug-likeness (QED) is 0.573. The molecule has 2 N–H and O–H groups in total. The SMILES string of the molecule is Cc1cccc2cc(/C=N/NC(=O)c3ccncc3)c(=O)[nH]c12. The lowest BCUT2D eigenvalue weighted by atomic mass is 10.1. The van der Waals surface area contributed by atoms with Crippen LogP contribution in [0, 0.1) is 6.92 Å². The number of hydrogen-bond donors (Lipinski definition) is 2. The molecule has 6 nitrogen and oxygen atoms in total. The minimum atomic E-state index is -0.364. The number of rotatable bonds is 3. The molecule has 1 aromatic carbocycles. The van der Waals surface area contributed by atoms with E-state index in [4.69, 9.17) is 0 Å². The number of fused-ring (bicyclic) bond motifs is 1. The van der Waals surface area contributed by atoms with Gasteiger partial charge in [0.05, 0.1) is 17.3 Å². The number of hydrazone groups is 1. The lowest BCUT2D eigenvalue weighted by Crippen LogP contribution is -2.19. The standard InChI is InChI=1S/C17H14N4O2/c1-11-3-2-4-13-9-14(16(22)20-15(11)13)10-19-21-17(23)12-5-7-18-8-6-12/h2-10H,1H3,(H,20,22)(H,21,23)/b19-10+. The Morgan fingerprint density at radius 2 is 2.04 bits per heavy atom. The number of hydrogen-bond acceptors (Lipinski definition) is 4. The van der Waals surface area contributed by atoms with Gasteiger partial charge in [-0.1, -0.05) is 18.2 Å². The number of para-hydroxylation sites is 1. The summed E-state index contributed by atoms with van der Waals surface area (Å²) in [4.78, 5) is 30.6. The highest BCUT2D eigenvalue weighted by atomic mass is 16.2. The van der Waals surface area contributed by atoms with Crippen molar-refractivity contribution in [2.24, 2.45) is 5.10 Å². The van der Waals surface area contributed by atoms with Gasteiger partial charge in [-0.2, -0.15) is 5.10 Å². The molecule has 0 saturated carbocycles. The highest BCUT2D eigenvalue weighted by Gasteiger charge is 2.04. The fourth-order valence-electron chi connectivity index (χ4n) is 2.22. The van der Waals surface area contributed by atoms with Crippen molar-refractivity contribution in [2.75, 3.05) is 0 Å². The van der Waals surface area contributed by atoms with Crippen LogP contribution < -0.4 is 11.0 Å². The average molecular weight is 306 g/mol. The Morgan fingerprint density at radius 1 is 1.26 bits per heavy atom. The first-order valence-electron chi connectivity index (χ1n) is 7.01. The molecule has 0 bridgehead atoms. The van der Waals surface area contributed by atoms with Crippen molar-refractivity contribution in [1.29, 1.82) is 0 Å². The molecule has 2 heterocycles. The number of aromatic nitrogens is 2. The zero-order valence-corrected chi connectivity index (χ0v) is 12.4. The Hall–Kier alpha value is -3.28.